The Kier molecular flexibility index (Phi) is 7.17. The topological polar surface area (TPSA) is 105 Å². The average molecular weight is 504 g/mol. The third-order valence-corrected chi connectivity index (χ3v) is 5.77. The van der Waals surface area contributed by atoms with E-state index in [4.69, 9.17) is 16.3 Å². The molecule has 8 nitrogen and oxygen atoms in total. The fourth-order valence-electron chi connectivity index (χ4n) is 3.51. The van der Waals surface area contributed by atoms with Gasteiger partial charge in [0.15, 0.2) is 6.61 Å². The van der Waals surface area contributed by atoms with Gasteiger partial charge in [-0.2, -0.15) is 0 Å². The molecule has 182 valence electrons. The molecule has 0 aliphatic carbocycles. The number of rotatable bonds is 6. The van der Waals surface area contributed by atoms with Crippen molar-refractivity contribution in [2.24, 2.45) is 0 Å². The number of urea groups is 1. The van der Waals surface area contributed by atoms with Crippen LogP contribution in [0.25, 0.3) is 6.08 Å². The molecule has 1 aliphatic rings. The summed E-state index contributed by atoms with van der Waals surface area (Å²) >= 11 is 5.89. The number of carbonyl (C=O) groups excluding carboxylic acids is 4. The Hall–Kier alpha value is -4.43. The Bertz CT molecular complexity index is 1400. The minimum atomic E-state index is -0.851. The second-order valence-electron chi connectivity index (χ2n) is 8.14. The zero-order valence-corrected chi connectivity index (χ0v) is 20.3. The third-order valence-electron chi connectivity index (χ3n) is 5.52. The Labute approximate surface area is 212 Å². The van der Waals surface area contributed by atoms with Gasteiger partial charge in [-0.3, -0.25) is 19.7 Å². The van der Waals surface area contributed by atoms with E-state index in [0.29, 0.717) is 22.0 Å². The molecule has 0 aromatic heterocycles. The van der Waals surface area contributed by atoms with E-state index >= 15 is 0 Å². The third kappa shape index (κ3) is 5.61. The van der Waals surface area contributed by atoms with E-state index in [-0.39, 0.29) is 23.8 Å². The maximum atomic E-state index is 13.0. The lowest BCUT2D eigenvalue weighted by Crippen LogP contribution is -2.54. The van der Waals surface area contributed by atoms with Crippen molar-refractivity contribution < 1.29 is 23.9 Å². The summed E-state index contributed by atoms with van der Waals surface area (Å²) in [7, 11) is 0. The van der Waals surface area contributed by atoms with E-state index in [9.17, 15) is 19.2 Å². The van der Waals surface area contributed by atoms with Crippen LogP contribution in [0.5, 0.6) is 5.75 Å². The molecule has 1 saturated heterocycles. The zero-order chi connectivity index (χ0) is 25.8. The molecule has 0 bridgehead atoms. The first kappa shape index (κ1) is 24.7. The van der Waals surface area contributed by atoms with Crippen molar-refractivity contribution in [2.45, 2.75) is 13.8 Å². The lowest BCUT2D eigenvalue weighted by Gasteiger charge is -2.26. The molecule has 0 saturated carbocycles. The molecule has 1 heterocycles. The van der Waals surface area contributed by atoms with E-state index < -0.39 is 17.8 Å². The molecule has 1 fully saturated rings. The molecule has 36 heavy (non-hydrogen) atoms. The predicted octanol–water partition coefficient (Wildman–Crippen LogP) is 4.64. The lowest BCUT2D eigenvalue weighted by atomic mass is 10.1. The van der Waals surface area contributed by atoms with Crippen molar-refractivity contribution >= 4 is 52.8 Å². The summed E-state index contributed by atoms with van der Waals surface area (Å²) in [6.07, 6.45) is 1.36. The highest BCUT2D eigenvalue weighted by molar-refractivity contribution is 6.39. The van der Waals surface area contributed by atoms with Crippen LogP contribution in [0.3, 0.4) is 0 Å². The number of hydrogen-bond acceptors (Lipinski definition) is 5. The van der Waals surface area contributed by atoms with Gasteiger partial charge in [0.2, 0.25) is 0 Å². The van der Waals surface area contributed by atoms with Crippen LogP contribution >= 0.6 is 11.6 Å². The van der Waals surface area contributed by atoms with E-state index in [1.807, 2.05) is 32.0 Å². The summed E-state index contributed by atoms with van der Waals surface area (Å²) in [5.74, 6) is -1.55. The zero-order valence-electron chi connectivity index (χ0n) is 19.5. The smallest absolute Gasteiger partial charge is 0.335 e. The van der Waals surface area contributed by atoms with Gasteiger partial charge < -0.3 is 10.1 Å². The van der Waals surface area contributed by atoms with Crippen LogP contribution in [-0.4, -0.2) is 30.4 Å². The van der Waals surface area contributed by atoms with Crippen molar-refractivity contribution in [3.8, 4) is 5.75 Å². The molecule has 5 amide bonds. The summed E-state index contributed by atoms with van der Waals surface area (Å²) in [5, 5.41) is 5.39. The van der Waals surface area contributed by atoms with Crippen LogP contribution in [0.15, 0.2) is 72.3 Å². The molecule has 0 radical (unpaired) electrons. The number of hydrogen-bond donors (Lipinski definition) is 2. The Balaban J connectivity index is 1.47. The van der Waals surface area contributed by atoms with Gasteiger partial charge in [0, 0.05) is 10.7 Å². The number of benzene rings is 3. The predicted molar refractivity (Wildman–Crippen MR) is 137 cm³/mol. The quantitative estimate of drug-likeness (QED) is 0.376. The van der Waals surface area contributed by atoms with Gasteiger partial charge in [0.05, 0.1) is 5.69 Å². The number of carbonyl (C=O) groups is 4. The highest BCUT2D eigenvalue weighted by Crippen LogP contribution is 2.24. The highest BCUT2D eigenvalue weighted by Gasteiger charge is 2.36. The molecule has 1 aliphatic heterocycles. The second-order valence-corrected chi connectivity index (χ2v) is 8.58. The van der Waals surface area contributed by atoms with Gasteiger partial charge in [-0.05, 0) is 85.1 Å². The van der Waals surface area contributed by atoms with Crippen LogP contribution in [0.2, 0.25) is 5.02 Å². The molecule has 0 atom stereocenters. The normalized spacial score (nSPS) is 14.6. The Morgan fingerprint density at radius 1 is 1.00 bits per heavy atom. The average Bonchev–Trinajstić information content (AvgIpc) is 2.84. The maximum Gasteiger partial charge on any atom is 0.335 e. The van der Waals surface area contributed by atoms with E-state index in [1.165, 1.54) is 30.3 Å². The van der Waals surface area contributed by atoms with Crippen LogP contribution in [0.1, 0.15) is 16.7 Å². The molecule has 2 N–H and O–H groups in total. The Morgan fingerprint density at radius 3 is 2.47 bits per heavy atom. The standard InChI is InChI=1S/C27H22ClN3O5/c1-16-6-9-20(12-17(16)2)29-24(32)15-36-22-5-3-4-18(13-22)14-23-25(33)30-27(35)31(26(23)34)21-10-7-19(28)8-11-21/h3-14H,15H2,1-2H3,(H,29,32)(H,30,33,35)/b23-14-. The van der Waals surface area contributed by atoms with E-state index in [1.54, 1.807) is 24.3 Å². The summed E-state index contributed by atoms with van der Waals surface area (Å²) in [6.45, 7) is 3.72. The van der Waals surface area contributed by atoms with Gasteiger partial charge in [0.1, 0.15) is 11.3 Å². The maximum absolute atomic E-state index is 13.0. The van der Waals surface area contributed by atoms with Gasteiger partial charge in [-0.25, -0.2) is 9.69 Å². The number of imide groups is 2. The summed E-state index contributed by atoms with van der Waals surface area (Å²) < 4.78 is 5.59. The van der Waals surface area contributed by atoms with Crippen molar-refractivity contribution in [2.75, 3.05) is 16.8 Å². The monoisotopic (exact) mass is 503 g/mol. The van der Waals surface area contributed by atoms with Gasteiger partial charge >= 0.3 is 6.03 Å². The van der Waals surface area contributed by atoms with Gasteiger partial charge in [-0.1, -0.05) is 29.8 Å². The molecule has 3 aromatic carbocycles. The SMILES string of the molecule is Cc1ccc(NC(=O)COc2cccc(/C=C3/C(=O)NC(=O)N(c4ccc(Cl)cc4)C3=O)c2)cc1C. The van der Waals surface area contributed by atoms with Gasteiger partial charge in [-0.15, -0.1) is 0 Å². The lowest BCUT2D eigenvalue weighted by molar-refractivity contribution is -0.122. The Morgan fingerprint density at radius 2 is 1.75 bits per heavy atom. The molecule has 3 aromatic rings. The van der Waals surface area contributed by atoms with Crippen LogP contribution in [-0.2, 0) is 14.4 Å². The number of halogens is 1. The molecule has 9 heteroatoms. The van der Waals surface area contributed by atoms with Crippen LogP contribution < -0.4 is 20.3 Å². The number of nitrogens with one attached hydrogen (secondary N) is 2. The summed E-state index contributed by atoms with van der Waals surface area (Å²) in [5.41, 5.74) is 3.38. The molecule has 0 spiro atoms. The minimum absolute atomic E-state index is 0.228. The number of amides is 5. The minimum Gasteiger partial charge on any atom is -0.484 e. The summed E-state index contributed by atoms with van der Waals surface area (Å²) in [4.78, 5) is 50.9. The number of ether oxygens (including phenoxy) is 1. The molecule has 4 rings (SSSR count). The van der Waals surface area contributed by atoms with Crippen LogP contribution in [0.4, 0.5) is 16.2 Å². The second kappa shape index (κ2) is 10.5. The van der Waals surface area contributed by atoms with Crippen molar-refractivity contribution in [3.05, 3.63) is 94.0 Å². The van der Waals surface area contributed by atoms with Crippen molar-refractivity contribution in [1.82, 2.24) is 5.32 Å². The fraction of sp³-hybridized carbons (Fsp3) is 0.111. The fourth-order valence-corrected chi connectivity index (χ4v) is 3.63. The first-order valence-corrected chi connectivity index (χ1v) is 11.4. The first-order chi connectivity index (χ1) is 17.2. The van der Waals surface area contributed by atoms with Crippen molar-refractivity contribution in [3.63, 3.8) is 0 Å². The molecular formula is C27H22ClN3O5. The van der Waals surface area contributed by atoms with E-state index in [0.717, 1.165) is 16.0 Å². The van der Waals surface area contributed by atoms with Crippen molar-refractivity contribution in [1.29, 1.82) is 0 Å². The number of barbiturate groups is 1. The van der Waals surface area contributed by atoms with Gasteiger partial charge in [0.25, 0.3) is 17.7 Å². The first-order valence-electron chi connectivity index (χ1n) is 11.0. The number of nitrogens with zero attached hydrogens (tertiary/aromatic N) is 1. The van der Waals surface area contributed by atoms with Crippen LogP contribution in [0, 0.1) is 13.8 Å². The highest BCUT2D eigenvalue weighted by atomic mass is 35.5. The van der Waals surface area contributed by atoms with E-state index in [2.05, 4.69) is 10.6 Å². The number of aryl methyl sites for hydroxylation is 2. The molecular weight excluding hydrogens is 482 g/mol. The summed E-state index contributed by atoms with van der Waals surface area (Å²) in [6, 6.07) is 17.4. The largest absolute Gasteiger partial charge is 0.484 e. The molecule has 0 unspecified atom stereocenters. The number of anilines is 2.